The summed E-state index contributed by atoms with van der Waals surface area (Å²) in [6, 6.07) is 2.61. The van der Waals surface area contributed by atoms with Crippen LogP contribution in [0, 0.1) is 13.7 Å². The van der Waals surface area contributed by atoms with Crippen LogP contribution in [0.15, 0.2) is 42.4 Å². The molecule has 1 aliphatic heterocycles. The van der Waals surface area contributed by atoms with Crippen LogP contribution >= 0.6 is 0 Å². The number of anilines is 1. The van der Waals surface area contributed by atoms with Crippen molar-refractivity contribution in [1.29, 1.82) is 0 Å². The number of aliphatic hydroxyl groups is 1. The maximum Gasteiger partial charge on any atom is 0.238 e. The molecule has 0 bridgehead atoms. The van der Waals surface area contributed by atoms with E-state index in [0.29, 0.717) is 0 Å². The van der Waals surface area contributed by atoms with Gasteiger partial charge in [-0.1, -0.05) is 30.3 Å². The van der Waals surface area contributed by atoms with E-state index < -0.39 is 106 Å². The number of para-hydroxylation sites is 3. The second kappa shape index (κ2) is 11.1. The van der Waals surface area contributed by atoms with Gasteiger partial charge in [-0.3, -0.25) is 14.6 Å². The van der Waals surface area contributed by atoms with Gasteiger partial charge in [0.1, 0.15) is 12.6 Å². The monoisotopic (exact) mass is 443 g/mol. The predicted octanol–water partition coefficient (Wildman–Crippen LogP) is 2.31. The molecule has 1 unspecified atom stereocenters. The minimum Gasteiger partial charge on any atom is -0.493 e. The number of piperazine rings is 1. The zero-order valence-corrected chi connectivity index (χ0v) is 16.7. The number of nitrogens with one attached hydrogen (secondary N) is 1. The van der Waals surface area contributed by atoms with E-state index in [9.17, 15) is 9.90 Å². The number of amides is 1. The number of nitrogens with zero attached hydrogens (tertiary/aromatic N) is 2. The number of carbonyl (C=O) groups is 1. The third kappa shape index (κ3) is 6.69. The van der Waals surface area contributed by atoms with Crippen LogP contribution in [0.1, 0.15) is 33.1 Å². The number of ether oxygens (including phenoxy) is 2. The first-order valence-corrected chi connectivity index (χ1v) is 9.24. The fourth-order valence-electron chi connectivity index (χ4n) is 2.73. The van der Waals surface area contributed by atoms with Crippen molar-refractivity contribution in [3.8, 4) is 11.5 Å². The molecule has 31 heavy (non-hydrogen) atoms. The summed E-state index contributed by atoms with van der Waals surface area (Å²) in [4.78, 5) is 15.0. The molecule has 2 N–H and O–H groups in total. The van der Waals surface area contributed by atoms with E-state index >= 15 is 0 Å². The SMILES string of the molecule is [2H]c1c([2H])c(C([2H])([2H])[2H])c(NC(=O)C([2H])([2H])N2CCN(C([2H])([2H])C([2H])(O)C([2H])([2H])Oc3ccccc3OC)CC2)c(C([2H])([2H])[2H])c1[2H]. The number of methoxy groups -OCH3 is 1. The summed E-state index contributed by atoms with van der Waals surface area (Å²) in [6.07, 6.45) is -3.58. The summed E-state index contributed by atoms with van der Waals surface area (Å²) in [6.45, 7) is -17.9. The lowest BCUT2D eigenvalue weighted by atomic mass is 10.1. The lowest BCUT2D eigenvalue weighted by Gasteiger charge is -2.35. The molecule has 0 aliphatic carbocycles. The van der Waals surface area contributed by atoms with Gasteiger partial charge >= 0.3 is 0 Å². The molecule has 7 heteroatoms. The Kier molecular flexibility index (Phi) is 3.55. The Balaban J connectivity index is 1.86. The van der Waals surface area contributed by atoms with E-state index in [2.05, 4.69) is 0 Å². The number of β-amino-alcohol motifs (C(OH)–C–C–N with tert-alkyl or cyclic N) is 1. The van der Waals surface area contributed by atoms with Crippen LogP contribution < -0.4 is 14.8 Å². The van der Waals surface area contributed by atoms with Gasteiger partial charge in [0.25, 0.3) is 0 Å². The van der Waals surface area contributed by atoms with Crippen molar-refractivity contribution in [3.05, 3.63) is 53.5 Å². The number of hydrogen-bond acceptors (Lipinski definition) is 6. The molecule has 0 saturated carbocycles. The van der Waals surface area contributed by atoms with Crippen LogP contribution in [-0.4, -0.2) is 79.7 Å². The molecule has 1 fully saturated rings. The Morgan fingerprint density at radius 2 is 1.87 bits per heavy atom. The van der Waals surface area contributed by atoms with Crippen LogP contribution in [0.5, 0.6) is 11.5 Å². The highest BCUT2D eigenvalue weighted by atomic mass is 16.5. The van der Waals surface area contributed by atoms with Crippen molar-refractivity contribution in [2.24, 2.45) is 0 Å². The summed E-state index contributed by atoms with van der Waals surface area (Å²) in [5.41, 5.74) is -3.14. The number of rotatable bonds is 9. The fourth-order valence-corrected chi connectivity index (χ4v) is 2.73. The van der Waals surface area contributed by atoms with E-state index in [1.165, 1.54) is 25.3 Å². The molecule has 0 aromatic heterocycles. The third-order valence-corrected chi connectivity index (χ3v) is 4.24. The van der Waals surface area contributed by atoms with Gasteiger partial charge in [0.05, 0.1) is 24.6 Å². The molecule has 1 atom stereocenters. The van der Waals surface area contributed by atoms with E-state index in [1.807, 2.05) is 5.32 Å². The Morgan fingerprint density at radius 3 is 2.52 bits per heavy atom. The third-order valence-electron chi connectivity index (χ3n) is 4.24. The lowest BCUT2D eigenvalue weighted by molar-refractivity contribution is -0.117. The normalized spacial score (nSPS) is 26.8. The van der Waals surface area contributed by atoms with Crippen molar-refractivity contribution in [2.45, 2.75) is 19.8 Å². The van der Waals surface area contributed by atoms with Crippen molar-refractivity contribution in [2.75, 3.05) is 58.2 Å². The molecule has 0 radical (unpaired) electrons. The smallest absolute Gasteiger partial charge is 0.238 e. The van der Waals surface area contributed by atoms with Crippen molar-refractivity contribution in [3.63, 3.8) is 0 Å². The van der Waals surface area contributed by atoms with Crippen LogP contribution in [0.4, 0.5) is 5.69 Å². The summed E-state index contributed by atoms with van der Waals surface area (Å²) < 4.78 is 140. The van der Waals surface area contributed by atoms with Gasteiger partial charge in [-0.05, 0) is 37.0 Å². The van der Waals surface area contributed by atoms with Crippen LogP contribution in [0.2, 0.25) is 0 Å². The standard InChI is InChI=1S/C24H33N3O4/c1-18-7-6-8-19(2)24(18)25-23(29)16-27-13-11-26(12-14-27)15-20(28)17-31-22-10-5-4-9-21(22)30-3/h4-10,20,28H,11-17H2,1-3H3,(H,25,29)/i1D3,2D3,6D,7D,8D,15D2,16D2,17D2,20D. The summed E-state index contributed by atoms with van der Waals surface area (Å²) in [5.74, 6) is -1.76. The van der Waals surface area contributed by atoms with Gasteiger partial charge in [-0.15, -0.1) is 0 Å². The van der Waals surface area contributed by atoms with Crippen LogP contribution in [-0.2, 0) is 4.79 Å². The molecule has 1 aliphatic rings. The van der Waals surface area contributed by atoms with E-state index in [0.717, 1.165) is 9.80 Å². The topological polar surface area (TPSA) is 74.3 Å². The fraction of sp³-hybridized carbons (Fsp3) is 0.458. The van der Waals surface area contributed by atoms with Gasteiger partial charge in [-0.2, -0.15) is 0 Å². The molecule has 1 saturated heterocycles. The molecule has 7 nitrogen and oxygen atoms in total. The Bertz CT molecular complexity index is 1450. The average molecular weight is 444 g/mol. The van der Waals surface area contributed by atoms with Gasteiger partial charge < -0.3 is 19.9 Å². The van der Waals surface area contributed by atoms with E-state index in [-0.39, 0.29) is 11.5 Å². The summed E-state index contributed by atoms with van der Waals surface area (Å²) in [5, 5.41) is 12.8. The molecule has 3 rings (SSSR count). The molecule has 2 aromatic rings. The Morgan fingerprint density at radius 1 is 1.23 bits per heavy atom. The highest BCUT2D eigenvalue weighted by molar-refractivity contribution is 5.93. The number of carbonyl (C=O) groups excluding carboxylic acids is 1. The first-order chi connectivity index (χ1) is 21.2. The van der Waals surface area contributed by atoms with Gasteiger partial charge in [0, 0.05) is 49.3 Å². The minimum absolute atomic E-state index is 0.0485. The predicted molar refractivity (Wildman–Crippen MR) is 122 cm³/mol. The first-order valence-electron chi connectivity index (χ1n) is 17.2. The largest absolute Gasteiger partial charge is 0.493 e. The molecule has 2 aromatic carbocycles. The Hall–Kier alpha value is -2.61. The molecule has 1 heterocycles. The van der Waals surface area contributed by atoms with Crippen molar-refractivity contribution < 1.29 is 41.3 Å². The van der Waals surface area contributed by atoms with E-state index in [1.54, 1.807) is 6.07 Å². The zero-order valence-electron chi connectivity index (χ0n) is 32.7. The first kappa shape index (κ1) is 9.90. The minimum atomic E-state index is -3.58. The number of hydrogen-bond donors (Lipinski definition) is 2. The average Bonchev–Trinajstić information content (AvgIpc) is 2.94. The van der Waals surface area contributed by atoms with Crippen molar-refractivity contribution in [1.82, 2.24) is 9.80 Å². The van der Waals surface area contributed by atoms with Crippen LogP contribution in [0.25, 0.3) is 0 Å². The van der Waals surface area contributed by atoms with E-state index in [4.69, 9.17) is 31.4 Å². The second-order valence-corrected chi connectivity index (χ2v) is 6.36. The molecular formula is C24H33N3O4. The Labute approximate surface area is 207 Å². The quantitative estimate of drug-likeness (QED) is 0.620. The highest BCUT2D eigenvalue weighted by Crippen LogP contribution is 2.25. The second-order valence-electron chi connectivity index (χ2n) is 6.36. The maximum atomic E-state index is 13.3. The van der Waals surface area contributed by atoms with Gasteiger partial charge in [-0.25, -0.2) is 0 Å². The lowest BCUT2D eigenvalue weighted by Crippen LogP contribution is -2.50. The summed E-state index contributed by atoms with van der Waals surface area (Å²) >= 11 is 0. The maximum absolute atomic E-state index is 13.3. The van der Waals surface area contributed by atoms with Crippen molar-refractivity contribution >= 4 is 11.6 Å². The molecule has 1 amide bonds. The van der Waals surface area contributed by atoms with Gasteiger partial charge in [0.15, 0.2) is 11.5 Å². The zero-order chi connectivity index (χ0) is 36.1. The number of benzene rings is 2. The van der Waals surface area contributed by atoms with Crippen LogP contribution in [0.3, 0.4) is 0 Å². The molecule has 0 spiro atoms. The molecule has 168 valence electrons. The molecular weight excluding hydrogens is 394 g/mol. The van der Waals surface area contributed by atoms with Gasteiger partial charge in [0.2, 0.25) is 5.91 Å². The summed E-state index contributed by atoms with van der Waals surface area (Å²) in [7, 11) is 1.27. The highest BCUT2D eigenvalue weighted by Gasteiger charge is 2.21.